The number of para-hydroxylation sites is 2. The molecule has 0 amide bonds. The molecule has 22 aromatic rings. The van der Waals surface area contributed by atoms with Crippen LogP contribution in [0.3, 0.4) is 0 Å². The average molecular weight is 1430 g/mol. The van der Waals surface area contributed by atoms with E-state index in [1.807, 2.05) is 54.6 Å². The molecule has 524 valence electrons. The smallest absolute Gasteiger partial charge is 0.238 e. The van der Waals surface area contributed by atoms with E-state index in [0.717, 1.165) is 177 Å². The second-order valence-electron chi connectivity index (χ2n) is 28.1. The van der Waals surface area contributed by atoms with Crippen LogP contribution in [0.15, 0.2) is 397 Å². The van der Waals surface area contributed by atoms with Gasteiger partial charge >= 0.3 is 0 Å². The van der Waals surface area contributed by atoms with Crippen LogP contribution in [0.25, 0.3) is 212 Å². The molecule has 0 aliphatic heterocycles. The SMILES string of the molecule is c1ccc(-c2cccc(-c3nc(-c4cccc(-c5ccccc5)c4)nc(-n4c5ccc(-c6ccccc6)cc5c5ccc6c7ccccc7oc6c54)n3)c2)cc1.c1ccc(-c2cccc(-c3nc(-c4cccc(-c5ccccc5)c4)nc(-n4c5cccc(-c6ccccc6)c5c5ccc6c7ccccc7oc6c54)n3)c2)cc1. The highest BCUT2D eigenvalue weighted by molar-refractivity contribution is 6.25. The van der Waals surface area contributed by atoms with Crippen molar-refractivity contribution in [2.24, 2.45) is 0 Å². The molecule has 112 heavy (non-hydrogen) atoms. The lowest BCUT2D eigenvalue weighted by Crippen LogP contribution is -2.06. The van der Waals surface area contributed by atoms with Gasteiger partial charge in [0.05, 0.1) is 11.0 Å². The van der Waals surface area contributed by atoms with Crippen molar-refractivity contribution in [1.29, 1.82) is 0 Å². The average Bonchev–Trinajstić information content (AvgIpc) is 1.56. The van der Waals surface area contributed by atoms with Gasteiger partial charge < -0.3 is 8.83 Å². The molecule has 0 aliphatic carbocycles. The molecule has 0 saturated carbocycles. The van der Waals surface area contributed by atoms with Gasteiger partial charge in [0.2, 0.25) is 11.9 Å². The maximum absolute atomic E-state index is 6.77. The van der Waals surface area contributed by atoms with Gasteiger partial charge in [-0.2, -0.15) is 19.9 Å². The van der Waals surface area contributed by atoms with Crippen LogP contribution < -0.4 is 0 Å². The summed E-state index contributed by atoms with van der Waals surface area (Å²) in [7, 11) is 0. The van der Waals surface area contributed by atoms with E-state index in [-0.39, 0.29) is 0 Å². The third-order valence-electron chi connectivity index (χ3n) is 21.3. The molecule has 0 fully saturated rings. The van der Waals surface area contributed by atoms with Crippen molar-refractivity contribution >= 4 is 87.5 Å². The highest BCUT2D eigenvalue weighted by Crippen LogP contribution is 2.46. The monoisotopic (exact) mass is 1430 g/mol. The molecule has 22 rings (SSSR count). The number of furan rings is 2. The normalized spacial score (nSPS) is 11.6. The Hall–Kier alpha value is -15.3. The number of hydrogen-bond donors (Lipinski definition) is 0. The van der Waals surface area contributed by atoms with Crippen molar-refractivity contribution in [2.45, 2.75) is 0 Å². The summed E-state index contributed by atoms with van der Waals surface area (Å²) in [4.78, 5) is 31.8. The molecule has 0 atom stereocenters. The predicted octanol–water partition coefficient (Wildman–Crippen LogP) is 26.4. The van der Waals surface area contributed by atoms with Gasteiger partial charge in [-0.25, -0.2) is 9.97 Å². The fourth-order valence-corrected chi connectivity index (χ4v) is 16.0. The minimum absolute atomic E-state index is 0.512. The Labute approximate surface area is 643 Å². The van der Waals surface area contributed by atoms with Gasteiger partial charge in [0, 0.05) is 65.3 Å². The number of fused-ring (bicyclic) bond motifs is 14. The molecule has 10 heteroatoms. The molecule has 10 nitrogen and oxygen atoms in total. The summed E-state index contributed by atoms with van der Waals surface area (Å²) >= 11 is 0. The maximum Gasteiger partial charge on any atom is 0.238 e. The number of hydrogen-bond acceptors (Lipinski definition) is 8. The van der Waals surface area contributed by atoms with Crippen LogP contribution in [-0.4, -0.2) is 39.0 Å². The van der Waals surface area contributed by atoms with Gasteiger partial charge in [0.1, 0.15) is 22.2 Å². The van der Waals surface area contributed by atoms with Gasteiger partial charge in [-0.1, -0.05) is 322 Å². The summed E-state index contributed by atoms with van der Waals surface area (Å²) in [5.41, 5.74) is 24.1. The summed E-state index contributed by atoms with van der Waals surface area (Å²) < 4.78 is 17.9. The Kier molecular flexibility index (Phi) is 16.0. The van der Waals surface area contributed by atoms with E-state index in [0.29, 0.717) is 35.2 Å². The Bertz CT molecular complexity index is 7160. The Balaban J connectivity index is 0.000000141. The molecular formula is C102H64N8O2. The Morgan fingerprint density at radius 2 is 0.500 bits per heavy atom. The predicted molar refractivity (Wildman–Crippen MR) is 457 cm³/mol. The lowest BCUT2D eigenvalue weighted by molar-refractivity contribution is 0.670. The third-order valence-corrected chi connectivity index (χ3v) is 21.3. The van der Waals surface area contributed by atoms with Crippen molar-refractivity contribution in [3.63, 3.8) is 0 Å². The highest BCUT2D eigenvalue weighted by atomic mass is 16.3. The number of aromatic nitrogens is 8. The van der Waals surface area contributed by atoms with Crippen molar-refractivity contribution in [3.8, 4) is 124 Å². The quantitative estimate of drug-likeness (QED) is 0.119. The molecule has 0 spiro atoms. The van der Waals surface area contributed by atoms with E-state index in [4.69, 9.17) is 38.7 Å². The zero-order valence-electron chi connectivity index (χ0n) is 60.3. The molecule has 0 aliphatic rings. The molecule has 0 radical (unpaired) electrons. The molecule has 6 aromatic heterocycles. The second-order valence-corrected chi connectivity index (χ2v) is 28.1. The van der Waals surface area contributed by atoms with E-state index >= 15 is 0 Å². The maximum atomic E-state index is 6.77. The molecule has 0 N–H and O–H groups in total. The van der Waals surface area contributed by atoms with E-state index in [9.17, 15) is 0 Å². The summed E-state index contributed by atoms with van der Waals surface area (Å²) in [6.07, 6.45) is 0. The van der Waals surface area contributed by atoms with Crippen LogP contribution in [-0.2, 0) is 0 Å². The first kappa shape index (κ1) is 65.1. The van der Waals surface area contributed by atoms with Crippen LogP contribution in [0.5, 0.6) is 0 Å². The molecule has 0 unspecified atom stereocenters. The number of benzene rings is 16. The lowest BCUT2D eigenvalue weighted by atomic mass is 9.99. The third kappa shape index (κ3) is 11.6. The fraction of sp³-hybridized carbons (Fsp3) is 0. The summed E-state index contributed by atoms with van der Waals surface area (Å²) in [5, 5.41) is 8.54. The molecule has 16 aromatic carbocycles. The molecule has 0 bridgehead atoms. The number of nitrogens with zero attached hydrogens (tertiary/aromatic N) is 8. The zero-order chi connectivity index (χ0) is 74.0. The van der Waals surface area contributed by atoms with Gasteiger partial charge in [-0.3, -0.25) is 9.13 Å². The van der Waals surface area contributed by atoms with Crippen LogP contribution in [0.2, 0.25) is 0 Å². The van der Waals surface area contributed by atoms with Gasteiger partial charge in [0.25, 0.3) is 0 Å². The minimum Gasteiger partial charge on any atom is -0.454 e. The highest BCUT2D eigenvalue weighted by Gasteiger charge is 2.27. The molecule has 0 saturated heterocycles. The first-order chi connectivity index (χ1) is 55.5. The van der Waals surface area contributed by atoms with Crippen molar-refractivity contribution in [1.82, 2.24) is 39.0 Å². The number of rotatable bonds is 12. The summed E-state index contributed by atoms with van der Waals surface area (Å²) in [6, 6.07) is 135. The first-order valence-corrected chi connectivity index (χ1v) is 37.5. The van der Waals surface area contributed by atoms with Crippen LogP contribution in [0, 0.1) is 0 Å². The Morgan fingerprint density at radius 3 is 0.911 bits per heavy atom. The van der Waals surface area contributed by atoms with E-state index < -0.39 is 0 Å². The van der Waals surface area contributed by atoms with E-state index in [2.05, 4.69) is 343 Å². The fourth-order valence-electron chi connectivity index (χ4n) is 16.0. The van der Waals surface area contributed by atoms with Crippen LogP contribution >= 0.6 is 0 Å². The van der Waals surface area contributed by atoms with E-state index in [1.165, 1.54) is 0 Å². The standard InChI is InChI=1S/2C51H32N4O/c1-4-15-33(16-5-1)36-21-12-23-38(31-36)49-52-50(39-24-13-22-37(32-39)34-17-6-2-7-18-34)54-51(53-49)55-44-27-14-26-40(35-19-8-3-9-20-35)46(44)43-30-29-42-41-25-10-11-28-45(41)56-48(42)47(43)55;1-4-14-33(15-5-1)36-20-12-22-39(30-36)49-52-50(40-23-13-21-37(31-40)34-16-6-2-7-17-34)54-51(53-49)55-45-29-26-38(35-18-8-3-9-19-35)32-44(45)42-27-28-43-41-24-10-11-25-46(41)56-48(43)47(42)55/h2*1-32H. The van der Waals surface area contributed by atoms with Crippen LogP contribution in [0.4, 0.5) is 0 Å². The summed E-state index contributed by atoms with van der Waals surface area (Å²) in [6.45, 7) is 0. The summed E-state index contributed by atoms with van der Waals surface area (Å²) in [5.74, 6) is 3.36. The zero-order valence-corrected chi connectivity index (χ0v) is 60.3. The van der Waals surface area contributed by atoms with Gasteiger partial charge in [0.15, 0.2) is 34.5 Å². The largest absolute Gasteiger partial charge is 0.454 e. The van der Waals surface area contributed by atoms with Gasteiger partial charge in [-0.05, 0) is 133 Å². The minimum atomic E-state index is 0.512. The molecule has 6 heterocycles. The second kappa shape index (κ2) is 27.5. The first-order valence-electron chi connectivity index (χ1n) is 37.5. The lowest BCUT2D eigenvalue weighted by Gasteiger charge is -2.12. The van der Waals surface area contributed by atoms with E-state index in [1.54, 1.807) is 0 Å². The van der Waals surface area contributed by atoms with Crippen molar-refractivity contribution < 1.29 is 8.83 Å². The van der Waals surface area contributed by atoms with Crippen molar-refractivity contribution in [2.75, 3.05) is 0 Å². The Morgan fingerprint density at radius 1 is 0.188 bits per heavy atom. The van der Waals surface area contributed by atoms with Gasteiger partial charge in [-0.15, -0.1) is 0 Å². The molecular weight excluding hydrogens is 1370 g/mol. The van der Waals surface area contributed by atoms with Crippen molar-refractivity contribution in [3.05, 3.63) is 388 Å². The van der Waals surface area contributed by atoms with Crippen LogP contribution in [0.1, 0.15) is 0 Å². The topological polar surface area (TPSA) is 113 Å².